The van der Waals surface area contributed by atoms with E-state index in [0.29, 0.717) is 11.6 Å². The molecule has 5 nitrogen and oxygen atoms in total. The van der Waals surface area contributed by atoms with Gasteiger partial charge in [0.25, 0.3) is 0 Å². The van der Waals surface area contributed by atoms with E-state index in [4.69, 9.17) is 0 Å². The number of hydrogen-bond acceptors (Lipinski definition) is 3. The fourth-order valence-corrected chi connectivity index (χ4v) is 4.01. The van der Waals surface area contributed by atoms with E-state index in [-0.39, 0.29) is 4.90 Å². The number of fused-ring (bicyclic) bond motifs is 1. The van der Waals surface area contributed by atoms with Crippen LogP contribution >= 0.6 is 0 Å². The van der Waals surface area contributed by atoms with Gasteiger partial charge in [-0.15, -0.1) is 0 Å². The lowest BCUT2D eigenvalue weighted by Gasteiger charge is -2.11. The average molecular weight is 367 g/mol. The van der Waals surface area contributed by atoms with Crippen molar-refractivity contribution in [3.8, 4) is 17.2 Å². The van der Waals surface area contributed by atoms with E-state index >= 15 is 0 Å². The Bertz CT molecular complexity index is 1100. The van der Waals surface area contributed by atoms with E-state index in [0.717, 1.165) is 27.6 Å². The molecule has 3 rings (SSSR count). The maximum absolute atomic E-state index is 12.3. The predicted molar refractivity (Wildman–Crippen MR) is 103 cm³/mol. The summed E-state index contributed by atoms with van der Waals surface area (Å²) in [7, 11) is -0.470. The summed E-state index contributed by atoms with van der Waals surface area (Å²) in [5, 5.41) is 10.6. The van der Waals surface area contributed by atoms with Crippen molar-refractivity contribution in [2.24, 2.45) is 0 Å². The Morgan fingerprint density at radius 3 is 2.27 bits per heavy atom. The molecule has 0 aliphatic carbocycles. The van der Waals surface area contributed by atoms with Crippen LogP contribution in [0.15, 0.2) is 47.4 Å². The SMILES string of the molecule is CC(C)c1cccc2c(-c3ccc(S(=O)(=O)N(C)C)cc3)c(C#N)[nH]c12. The third-order valence-corrected chi connectivity index (χ3v) is 6.35. The van der Waals surface area contributed by atoms with E-state index in [9.17, 15) is 13.7 Å². The van der Waals surface area contributed by atoms with Gasteiger partial charge in [0.05, 0.1) is 10.4 Å². The number of aromatic amines is 1. The largest absolute Gasteiger partial charge is 0.346 e. The number of hydrogen-bond donors (Lipinski definition) is 1. The lowest BCUT2D eigenvalue weighted by molar-refractivity contribution is 0.521. The summed E-state index contributed by atoms with van der Waals surface area (Å²) < 4.78 is 25.7. The zero-order valence-corrected chi connectivity index (χ0v) is 16.1. The van der Waals surface area contributed by atoms with Gasteiger partial charge in [-0.3, -0.25) is 0 Å². The Kier molecular flexibility index (Phi) is 4.61. The lowest BCUT2D eigenvalue weighted by atomic mass is 9.97. The van der Waals surface area contributed by atoms with E-state index in [1.54, 1.807) is 24.3 Å². The molecule has 1 heterocycles. The number of benzene rings is 2. The highest BCUT2D eigenvalue weighted by molar-refractivity contribution is 7.89. The number of H-pyrrole nitrogens is 1. The van der Waals surface area contributed by atoms with Gasteiger partial charge in [-0.25, -0.2) is 12.7 Å². The second-order valence-corrected chi connectivity index (χ2v) is 8.87. The van der Waals surface area contributed by atoms with E-state index in [1.807, 2.05) is 12.1 Å². The Morgan fingerprint density at radius 1 is 1.08 bits per heavy atom. The van der Waals surface area contributed by atoms with Crippen molar-refractivity contribution in [3.05, 3.63) is 53.7 Å². The summed E-state index contributed by atoms with van der Waals surface area (Å²) in [5.74, 6) is 0.323. The molecular formula is C20H21N3O2S. The first-order valence-electron chi connectivity index (χ1n) is 8.35. The molecule has 0 amide bonds. The zero-order chi connectivity index (χ0) is 19.1. The van der Waals surface area contributed by atoms with Gasteiger partial charge in [0, 0.05) is 25.0 Å². The number of nitrogens with zero attached hydrogens (tertiary/aromatic N) is 2. The predicted octanol–water partition coefficient (Wildman–Crippen LogP) is 4.08. The Balaban J connectivity index is 2.20. The first-order valence-corrected chi connectivity index (χ1v) is 9.79. The molecule has 0 unspecified atom stereocenters. The van der Waals surface area contributed by atoms with Crippen molar-refractivity contribution >= 4 is 20.9 Å². The number of nitrogens with one attached hydrogen (secondary N) is 1. The lowest BCUT2D eigenvalue weighted by Crippen LogP contribution is -2.22. The molecule has 6 heteroatoms. The molecule has 0 spiro atoms. The van der Waals surface area contributed by atoms with Crippen molar-refractivity contribution < 1.29 is 8.42 Å². The first kappa shape index (κ1) is 18.2. The van der Waals surface area contributed by atoms with Crippen LogP contribution in [-0.2, 0) is 10.0 Å². The normalized spacial score (nSPS) is 12.0. The minimum atomic E-state index is -3.48. The topological polar surface area (TPSA) is 77.0 Å². The molecule has 2 aromatic carbocycles. The van der Waals surface area contributed by atoms with Gasteiger partial charge in [0.15, 0.2) is 0 Å². The summed E-state index contributed by atoms with van der Waals surface area (Å²) in [6.07, 6.45) is 0. The van der Waals surface area contributed by atoms with Gasteiger partial charge in [-0.2, -0.15) is 5.26 Å². The molecule has 1 N–H and O–H groups in total. The van der Waals surface area contributed by atoms with Gasteiger partial charge < -0.3 is 4.98 Å². The van der Waals surface area contributed by atoms with Gasteiger partial charge in [0.1, 0.15) is 11.8 Å². The van der Waals surface area contributed by atoms with Crippen LogP contribution in [0.5, 0.6) is 0 Å². The van der Waals surface area contributed by atoms with Crippen LogP contribution in [0.3, 0.4) is 0 Å². The molecule has 134 valence electrons. The van der Waals surface area contributed by atoms with Gasteiger partial charge in [-0.05, 0) is 29.2 Å². The van der Waals surface area contributed by atoms with Crippen LogP contribution < -0.4 is 0 Å². The fraction of sp³-hybridized carbons (Fsp3) is 0.250. The summed E-state index contributed by atoms with van der Waals surface area (Å²) in [6.45, 7) is 4.23. The summed E-state index contributed by atoms with van der Waals surface area (Å²) >= 11 is 0. The summed E-state index contributed by atoms with van der Waals surface area (Å²) in [4.78, 5) is 3.47. The van der Waals surface area contributed by atoms with Crippen molar-refractivity contribution in [2.45, 2.75) is 24.7 Å². The number of aromatic nitrogens is 1. The Morgan fingerprint density at radius 2 is 1.73 bits per heavy atom. The minimum absolute atomic E-state index is 0.229. The van der Waals surface area contributed by atoms with E-state index in [2.05, 4.69) is 31.0 Å². The maximum atomic E-state index is 12.3. The zero-order valence-electron chi connectivity index (χ0n) is 15.2. The van der Waals surface area contributed by atoms with Gasteiger partial charge >= 0.3 is 0 Å². The third-order valence-electron chi connectivity index (χ3n) is 4.52. The second-order valence-electron chi connectivity index (χ2n) is 6.72. The molecule has 0 aliphatic rings. The molecule has 0 fully saturated rings. The number of rotatable bonds is 4. The molecule has 0 atom stereocenters. The first-order chi connectivity index (χ1) is 12.3. The van der Waals surface area contributed by atoms with Crippen molar-refractivity contribution in [3.63, 3.8) is 0 Å². The van der Waals surface area contributed by atoms with Crippen LogP contribution in [0.2, 0.25) is 0 Å². The highest BCUT2D eigenvalue weighted by Gasteiger charge is 2.19. The minimum Gasteiger partial charge on any atom is -0.346 e. The summed E-state index contributed by atoms with van der Waals surface area (Å²) in [6, 6.07) is 14.9. The van der Waals surface area contributed by atoms with Crippen LogP contribution in [0.4, 0.5) is 0 Å². The van der Waals surface area contributed by atoms with Gasteiger partial charge in [-0.1, -0.05) is 44.2 Å². The monoisotopic (exact) mass is 367 g/mol. The van der Waals surface area contributed by atoms with Crippen molar-refractivity contribution in [1.82, 2.24) is 9.29 Å². The summed E-state index contributed by atoms with van der Waals surface area (Å²) in [5.41, 5.74) is 4.21. The number of para-hydroxylation sites is 1. The van der Waals surface area contributed by atoms with Crippen molar-refractivity contribution in [1.29, 1.82) is 5.26 Å². The van der Waals surface area contributed by atoms with Crippen LogP contribution in [0.25, 0.3) is 22.0 Å². The van der Waals surface area contributed by atoms with E-state index < -0.39 is 10.0 Å². The Hall–Kier alpha value is -2.62. The molecule has 0 saturated carbocycles. The molecule has 3 aromatic rings. The van der Waals surface area contributed by atoms with Crippen molar-refractivity contribution in [2.75, 3.05) is 14.1 Å². The second kappa shape index (κ2) is 6.60. The number of nitriles is 1. The highest BCUT2D eigenvalue weighted by Crippen LogP contribution is 2.36. The van der Waals surface area contributed by atoms with Crippen LogP contribution in [0, 0.1) is 11.3 Å². The molecule has 1 aromatic heterocycles. The maximum Gasteiger partial charge on any atom is 0.242 e. The highest BCUT2D eigenvalue weighted by atomic mass is 32.2. The molecule has 26 heavy (non-hydrogen) atoms. The molecule has 0 aliphatic heterocycles. The standard InChI is InChI=1S/C20H21N3O2S/c1-13(2)16-6-5-7-17-19(18(12-21)22-20(16)17)14-8-10-15(11-9-14)26(24,25)23(3)4/h5-11,13,22H,1-4H3. The molecular weight excluding hydrogens is 346 g/mol. The Labute approximate surface area is 153 Å². The fourth-order valence-electron chi connectivity index (χ4n) is 3.11. The van der Waals surface area contributed by atoms with Crippen LogP contribution in [-0.4, -0.2) is 31.8 Å². The third kappa shape index (κ3) is 2.90. The van der Waals surface area contributed by atoms with Gasteiger partial charge in [0.2, 0.25) is 10.0 Å². The van der Waals surface area contributed by atoms with E-state index in [1.165, 1.54) is 18.4 Å². The quantitative estimate of drug-likeness (QED) is 0.755. The van der Waals surface area contributed by atoms with Crippen LogP contribution in [0.1, 0.15) is 31.0 Å². The molecule has 0 bridgehead atoms. The molecule has 0 radical (unpaired) electrons. The number of sulfonamides is 1. The smallest absolute Gasteiger partial charge is 0.242 e. The molecule has 0 saturated heterocycles. The average Bonchev–Trinajstić information content (AvgIpc) is 3.00.